The van der Waals surface area contributed by atoms with Crippen LogP contribution in [0.25, 0.3) is 11.0 Å². The average Bonchev–Trinajstić information content (AvgIpc) is 3.01. The number of hydrogen-bond acceptors (Lipinski definition) is 6. The molecular weight excluding hydrogens is 468 g/mol. The van der Waals surface area contributed by atoms with Crippen molar-refractivity contribution in [1.82, 2.24) is 24.1 Å². The van der Waals surface area contributed by atoms with Crippen LogP contribution in [0.2, 0.25) is 0 Å². The first-order valence-corrected chi connectivity index (χ1v) is 12.0. The molecule has 160 valence electrons. The Balaban J connectivity index is 1.53. The van der Waals surface area contributed by atoms with Gasteiger partial charge in [0.05, 0.1) is 10.3 Å². The van der Waals surface area contributed by atoms with Gasteiger partial charge in [0, 0.05) is 33.2 Å². The van der Waals surface area contributed by atoms with E-state index in [4.69, 9.17) is 0 Å². The lowest BCUT2D eigenvalue weighted by molar-refractivity contribution is 0.384. The van der Waals surface area contributed by atoms with E-state index in [9.17, 15) is 8.42 Å². The molecule has 0 unspecified atom stereocenters. The van der Waals surface area contributed by atoms with E-state index in [-0.39, 0.29) is 5.41 Å². The van der Waals surface area contributed by atoms with Gasteiger partial charge in [0.15, 0.2) is 5.65 Å². The Labute approximate surface area is 185 Å². The number of sulfonamides is 1. The van der Waals surface area contributed by atoms with Crippen molar-refractivity contribution >= 4 is 42.8 Å². The van der Waals surface area contributed by atoms with Gasteiger partial charge in [0.1, 0.15) is 16.7 Å². The average molecular weight is 493 g/mol. The van der Waals surface area contributed by atoms with Crippen molar-refractivity contribution < 1.29 is 8.42 Å². The van der Waals surface area contributed by atoms with Gasteiger partial charge in [-0.15, -0.1) is 0 Å². The molecule has 0 bridgehead atoms. The number of benzene rings is 1. The maximum Gasteiger partial charge on any atom is 0.243 e. The molecule has 0 amide bonds. The third-order valence-corrected chi connectivity index (χ3v) is 7.92. The topological polar surface area (TPSA) is 84.2 Å². The number of aryl methyl sites for hydroxylation is 1. The zero-order valence-electron chi connectivity index (χ0n) is 17.5. The van der Waals surface area contributed by atoms with E-state index in [1.165, 1.54) is 6.33 Å². The highest BCUT2D eigenvalue weighted by Gasteiger charge is 2.30. The number of rotatable bonds is 3. The van der Waals surface area contributed by atoms with Gasteiger partial charge < -0.3 is 4.90 Å². The Bertz CT molecular complexity index is 1180. The summed E-state index contributed by atoms with van der Waals surface area (Å²) in [5.41, 5.74) is 1.83. The number of nitrogens with zero attached hydrogens (tertiary/aromatic N) is 6. The van der Waals surface area contributed by atoms with E-state index in [0.717, 1.165) is 22.4 Å². The standard InChI is InChI=1S/C20H25BrN6O2S/c1-20(2,3)14-5-7-15(8-6-14)30(28,29)27-11-9-26(10-12-27)19-16-17(21)24-25(4)18(16)22-13-23-19/h5-8,13H,9-12H2,1-4H3. The summed E-state index contributed by atoms with van der Waals surface area (Å²) in [7, 11) is -1.70. The van der Waals surface area contributed by atoms with E-state index in [0.29, 0.717) is 35.7 Å². The Kier molecular flexibility index (Phi) is 5.36. The normalized spacial score (nSPS) is 16.4. The van der Waals surface area contributed by atoms with Crippen LogP contribution in [-0.2, 0) is 22.5 Å². The summed E-state index contributed by atoms with van der Waals surface area (Å²) in [6, 6.07) is 7.23. The van der Waals surface area contributed by atoms with Gasteiger partial charge in [-0.25, -0.2) is 23.1 Å². The number of aromatic nitrogens is 4. The van der Waals surface area contributed by atoms with Crippen molar-refractivity contribution in [2.45, 2.75) is 31.1 Å². The number of halogens is 1. The van der Waals surface area contributed by atoms with Gasteiger partial charge in [-0.1, -0.05) is 32.9 Å². The Morgan fingerprint density at radius 3 is 2.23 bits per heavy atom. The predicted octanol–water partition coefficient (Wildman–Crippen LogP) is 2.93. The molecule has 1 aromatic carbocycles. The van der Waals surface area contributed by atoms with Gasteiger partial charge in [0.25, 0.3) is 0 Å². The lowest BCUT2D eigenvalue weighted by atomic mass is 9.87. The molecule has 1 aliphatic heterocycles. The fraction of sp³-hybridized carbons (Fsp3) is 0.450. The Morgan fingerprint density at radius 1 is 1.00 bits per heavy atom. The number of fused-ring (bicyclic) bond motifs is 1. The molecule has 0 N–H and O–H groups in total. The maximum atomic E-state index is 13.1. The molecule has 4 rings (SSSR count). The van der Waals surface area contributed by atoms with Crippen LogP contribution >= 0.6 is 15.9 Å². The van der Waals surface area contributed by atoms with Crippen molar-refractivity contribution in [3.8, 4) is 0 Å². The van der Waals surface area contributed by atoms with Crippen LogP contribution < -0.4 is 4.90 Å². The first-order chi connectivity index (χ1) is 14.1. The second-order valence-electron chi connectivity index (χ2n) is 8.48. The number of piperazine rings is 1. The fourth-order valence-corrected chi connectivity index (χ4v) is 5.70. The third kappa shape index (κ3) is 3.72. The summed E-state index contributed by atoms with van der Waals surface area (Å²) in [4.78, 5) is 11.2. The van der Waals surface area contributed by atoms with Crippen molar-refractivity contribution in [1.29, 1.82) is 0 Å². The SMILES string of the molecule is Cn1nc(Br)c2c(N3CCN(S(=O)(=O)c4ccc(C(C)(C)C)cc4)CC3)ncnc21. The largest absolute Gasteiger partial charge is 0.353 e. The molecule has 0 spiro atoms. The summed E-state index contributed by atoms with van der Waals surface area (Å²) in [5, 5.41) is 5.20. The van der Waals surface area contributed by atoms with Crippen LogP contribution in [-0.4, -0.2) is 58.7 Å². The monoisotopic (exact) mass is 492 g/mol. The second kappa shape index (κ2) is 7.58. The van der Waals surface area contributed by atoms with Crippen molar-refractivity contribution in [3.05, 3.63) is 40.8 Å². The van der Waals surface area contributed by atoms with Gasteiger partial charge in [-0.3, -0.25) is 0 Å². The number of anilines is 1. The quantitative estimate of drug-likeness (QED) is 0.558. The highest BCUT2D eigenvalue weighted by atomic mass is 79.9. The molecule has 1 fully saturated rings. The minimum atomic E-state index is -3.53. The predicted molar refractivity (Wildman–Crippen MR) is 120 cm³/mol. The van der Waals surface area contributed by atoms with Crippen LogP contribution in [0.5, 0.6) is 0 Å². The first-order valence-electron chi connectivity index (χ1n) is 9.78. The molecule has 0 aliphatic carbocycles. The first kappa shape index (κ1) is 21.2. The number of hydrogen-bond donors (Lipinski definition) is 0. The third-order valence-electron chi connectivity index (χ3n) is 5.45. The zero-order chi connectivity index (χ0) is 21.7. The summed E-state index contributed by atoms with van der Waals surface area (Å²) in [5.74, 6) is 0.770. The fourth-order valence-electron chi connectivity index (χ4n) is 3.68. The maximum absolute atomic E-state index is 13.1. The molecule has 0 radical (unpaired) electrons. The van der Waals surface area contributed by atoms with E-state index in [2.05, 4.69) is 56.7 Å². The Hall–Kier alpha value is -2.04. The van der Waals surface area contributed by atoms with E-state index in [1.807, 2.05) is 19.2 Å². The molecule has 10 heteroatoms. The van der Waals surface area contributed by atoms with Gasteiger partial charge >= 0.3 is 0 Å². The summed E-state index contributed by atoms with van der Waals surface area (Å²) in [6.07, 6.45) is 1.52. The summed E-state index contributed by atoms with van der Waals surface area (Å²) < 4.78 is 30.2. The highest BCUT2D eigenvalue weighted by molar-refractivity contribution is 9.10. The minimum Gasteiger partial charge on any atom is -0.353 e. The molecule has 2 aromatic heterocycles. The lowest BCUT2D eigenvalue weighted by Crippen LogP contribution is -2.49. The molecule has 0 saturated carbocycles. The van der Waals surface area contributed by atoms with Crippen LogP contribution in [0, 0.1) is 0 Å². The van der Waals surface area contributed by atoms with Gasteiger partial charge in [0.2, 0.25) is 10.0 Å². The molecule has 3 heterocycles. The summed E-state index contributed by atoms with van der Waals surface area (Å²) >= 11 is 3.48. The smallest absolute Gasteiger partial charge is 0.243 e. The molecule has 30 heavy (non-hydrogen) atoms. The van der Waals surface area contributed by atoms with Gasteiger partial charge in [-0.2, -0.15) is 9.40 Å². The van der Waals surface area contributed by atoms with Crippen molar-refractivity contribution in [2.75, 3.05) is 31.1 Å². The molecule has 8 nitrogen and oxygen atoms in total. The molecule has 1 aliphatic rings. The molecular formula is C20H25BrN6O2S. The second-order valence-corrected chi connectivity index (χ2v) is 11.2. The van der Waals surface area contributed by atoms with Crippen molar-refractivity contribution in [3.63, 3.8) is 0 Å². The summed E-state index contributed by atoms with van der Waals surface area (Å²) in [6.45, 7) is 8.22. The molecule has 3 aromatic rings. The van der Waals surface area contributed by atoms with Crippen LogP contribution in [0.15, 0.2) is 40.1 Å². The molecule has 1 saturated heterocycles. The van der Waals surface area contributed by atoms with Gasteiger partial charge in [-0.05, 0) is 39.0 Å². The van der Waals surface area contributed by atoms with Crippen LogP contribution in [0.1, 0.15) is 26.3 Å². The van der Waals surface area contributed by atoms with Crippen LogP contribution in [0.4, 0.5) is 5.82 Å². The molecule has 0 atom stereocenters. The zero-order valence-corrected chi connectivity index (χ0v) is 19.9. The van der Waals surface area contributed by atoms with E-state index < -0.39 is 10.0 Å². The Morgan fingerprint density at radius 2 is 1.63 bits per heavy atom. The minimum absolute atomic E-state index is 0.0165. The van der Waals surface area contributed by atoms with Crippen LogP contribution in [0.3, 0.4) is 0 Å². The lowest BCUT2D eigenvalue weighted by Gasteiger charge is -2.34. The van der Waals surface area contributed by atoms with Crippen molar-refractivity contribution in [2.24, 2.45) is 7.05 Å². The highest BCUT2D eigenvalue weighted by Crippen LogP contribution is 2.31. The van der Waals surface area contributed by atoms with E-state index >= 15 is 0 Å². The van der Waals surface area contributed by atoms with E-state index in [1.54, 1.807) is 21.1 Å².